The number of amides is 1. The molecule has 1 atom stereocenters. The van der Waals surface area contributed by atoms with Crippen molar-refractivity contribution in [2.75, 3.05) is 33.3 Å². The van der Waals surface area contributed by atoms with Gasteiger partial charge < -0.3 is 29.0 Å². The summed E-state index contributed by atoms with van der Waals surface area (Å²) in [5.74, 6) is -2.80. The van der Waals surface area contributed by atoms with Crippen LogP contribution in [0.1, 0.15) is 21.5 Å². The van der Waals surface area contributed by atoms with Crippen LogP contribution in [0.3, 0.4) is 0 Å². The fourth-order valence-corrected chi connectivity index (χ4v) is 5.49. The molecular weight excluding hydrogens is 513 g/mol. The lowest BCUT2D eigenvalue weighted by Crippen LogP contribution is -2.42. The number of carbonyl (C=O) groups excluding carboxylic acids is 2. The molecule has 0 fully saturated rings. The highest BCUT2D eigenvalue weighted by Crippen LogP contribution is 2.51. The Morgan fingerprint density at radius 1 is 1.11 bits per heavy atom. The predicted octanol–water partition coefficient (Wildman–Crippen LogP) is 3.24. The molecule has 2 aromatic heterocycles. The van der Waals surface area contributed by atoms with Gasteiger partial charge in [-0.2, -0.15) is 4.68 Å². The summed E-state index contributed by atoms with van der Waals surface area (Å²) in [6.45, 7) is 3.47. The first-order valence-corrected chi connectivity index (χ1v) is 13.1. The van der Waals surface area contributed by atoms with Crippen molar-refractivity contribution in [3.8, 4) is 5.69 Å². The van der Waals surface area contributed by atoms with E-state index < -0.39 is 25.3 Å². The maximum absolute atomic E-state index is 13.2. The Labute approximate surface area is 218 Å². The van der Waals surface area contributed by atoms with Gasteiger partial charge in [-0.1, -0.05) is 23.3 Å². The molecule has 2 aromatic carbocycles. The molecule has 38 heavy (non-hydrogen) atoms. The van der Waals surface area contributed by atoms with E-state index in [-0.39, 0.29) is 5.56 Å². The van der Waals surface area contributed by atoms with Gasteiger partial charge in [-0.05, 0) is 53.6 Å². The van der Waals surface area contributed by atoms with Crippen molar-refractivity contribution in [2.24, 2.45) is 0 Å². The number of tetrazole rings is 1. The van der Waals surface area contributed by atoms with Crippen LogP contribution in [0.4, 0.5) is 11.6 Å². The Balaban J connectivity index is 1.67. The molecule has 0 spiro atoms. The maximum Gasteiger partial charge on any atom is 0.363 e. The van der Waals surface area contributed by atoms with E-state index in [4.69, 9.17) is 13.8 Å². The summed E-state index contributed by atoms with van der Waals surface area (Å²) in [6.07, 6.45) is 1.88. The smallest absolute Gasteiger partial charge is 0.363 e. The topological polar surface area (TPSA) is 154 Å². The van der Waals surface area contributed by atoms with Crippen molar-refractivity contribution >= 4 is 42.0 Å². The molecule has 0 aliphatic carbocycles. The van der Waals surface area contributed by atoms with Crippen molar-refractivity contribution in [3.63, 3.8) is 0 Å². The van der Waals surface area contributed by atoms with Crippen molar-refractivity contribution in [2.45, 2.75) is 19.6 Å². The molecule has 2 N–H and O–H groups in total. The van der Waals surface area contributed by atoms with Crippen LogP contribution < -0.4 is 10.2 Å². The van der Waals surface area contributed by atoms with Gasteiger partial charge in [0, 0.05) is 43.9 Å². The molecule has 200 valence electrons. The first kappa shape index (κ1) is 27.0. The average Bonchev–Trinajstić information content (AvgIpc) is 3.58. The number of esters is 1. The molecule has 1 amide bonds. The van der Waals surface area contributed by atoms with E-state index in [0.29, 0.717) is 22.8 Å². The molecule has 14 heteroatoms. The van der Waals surface area contributed by atoms with Gasteiger partial charge in [-0.3, -0.25) is 9.36 Å². The SMILES string of the molecule is COC(=O)C(NC(=O)c1c(C)cc(-n2nnnc2N(C)c2c[nH]c3ccccc23)cc1C)P(=O)(OC)OC. The third-order valence-electron chi connectivity index (χ3n) is 6.19. The second kappa shape index (κ2) is 10.7. The Morgan fingerprint density at radius 3 is 2.39 bits per heavy atom. The van der Waals surface area contributed by atoms with Crippen LogP contribution in [-0.4, -0.2) is 71.2 Å². The third kappa shape index (κ3) is 4.78. The van der Waals surface area contributed by atoms with Crippen molar-refractivity contribution in [1.29, 1.82) is 0 Å². The number of carbonyl (C=O) groups is 2. The molecule has 0 radical (unpaired) electrons. The van der Waals surface area contributed by atoms with Crippen molar-refractivity contribution in [3.05, 3.63) is 59.3 Å². The Hall–Kier alpha value is -4.06. The number of nitrogens with zero attached hydrogens (tertiary/aromatic N) is 5. The number of H-pyrrole nitrogens is 1. The number of methoxy groups -OCH3 is 1. The Bertz CT molecular complexity index is 1520. The zero-order valence-corrected chi connectivity index (χ0v) is 22.6. The summed E-state index contributed by atoms with van der Waals surface area (Å²) in [4.78, 5) is 30.6. The lowest BCUT2D eigenvalue weighted by Gasteiger charge is -2.24. The highest BCUT2D eigenvalue weighted by molar-refractivity contribution is 7.55. The van der Waals surface area contributed by atoms with Gasteiger partial charge in [-0.25, -0.2) is 4.79 Å². The minimum atomic E-state index is -4.02. The van der Waals surface area contributed by atoms with E-state index in [9.17, 15) is 14.2 Å². The van der Waals surface area contributed by atoms with Gasteiger partial charge in [-0.15, -0.1) is 0 Å². The van der Waals surface area contributed by atoms with E-state index in [1.807, 2.05) is 42.4 Å². The van der Waals surface area contributed by atoms with Crippen LogP contribution in [0.5, 0.6) is 0 Å². The van der Waals surface area contributed by atoms with Crippen LogP contribution in [0.15, 0.2) is 42.6 Å². The Kier molecular flexibility index (Phi) is 7.63. The summed E-state index contributed by atoms with van der Waals surface area (Å²) in [5.41, 5.74) is 3.90. The quantitative estimate of drug-likeness (QED) is 0.238. The monoisotopic (exact) mass is 541 g/mol. The zero-order chi connectivity index (χ0) is 27.6. The summed E-state index contributed by atoms with van der Waals surface area (Å²) >= 11 is 0. The number of hydrogen-bond acceptors (Lipinski definition) is 10. The number of aryl methyl sites for hydroxylation is 2. The lowest BCUT2D eigenvalue weighted by atomic mass is 10.0. The number of hydrogen-bond donors (Lipinski definition) is 2. The molecule has 0 saturated carbocycles. The van der Waals surface area contributed by atoms with Crippen molar-refractivity contribution in [1.82, 2.24) is 30.5 Å². The fourth-order valence-electron chi connectivity index (χ4n) is 4.28. The van der Waals surface area contributed by atoms with Crippen LogP contribution in [0.25, 0.3) is 16.6 Å². The minimum Gasteiger partial charge on any atom is -0.467 e. The number of fused-ring (bicyclic) bond motifs is 1. The molecule has 0 aliphatic heterocycles. The predicted molar refractivity (Wildman–Crippen MR) is 140 cm³/mol. The number of rotatable bonds is 9. The van der Waals surface area contributed by atoms with Gasteiger partial charge in [0.2, 0.25) is 5.78 Å². The summed E-state index contributed by atoms with van der Waals surface area (Å²) < 4.78 is 29.0. The second-order valence-corrected chi connectivity index (χ2v) is 10.8. The maximum atomic E-state index is 13.2. The lowest BCUT2D eigenvalue weighted by molar-refractivity contribution is -0.141. The van der Waals surface area contributed by atoms with Gasteiger partial charge in [0.1, 0.15) is 0 Å². The fraction of sp³-hybridized carbons (Fsp3) is 0.292. The summed E-state index contributed by atoms with van der Waals surface area (Å²) in [6, 6.07) is 11.4. The number of para-hydroxylation sites is 1. The average molecular weight is 542 g/mol. The normalized spacial score (nSPS) is 12.4. The van der Waals surface area contributed by atoms with Crippen LogP contribution in [0, 0.1) is 13.8 Å². The molecule has 4 aromatic rings. The Morgan fingerprint density at radius 2 is 1.76 bits per heavy atom. The van der Waals surface area contributed by atoms with Gasteiger partial charge in [0.15, 0.2) is 0 Å². The van der Waals surface area contributed by atoms with Gasteiger partial charge >= 0.3 is 13.6 Å². The molecule has 1 unspecified atom stereocenters. The van der Waals surface area contributed by atoms with Gasteiger partial charge in [0.25, 0.3) is 11.9 Å². The number of anilines is 2. The molecule has 0 aliphatic rings. The van der Waals surface area contributed by atoms with E-state index in [0.717, 1.165) is 37.9 Å². The standard InChI is InChI=1S/C24H28N7O6P/c1-14-11-16(12-15(2)20(14)21(32)26-22(23(33)35-4)38(34,36-5)37-6)31-24(27-28-29-31)30(3)19-13-25-18-10-8-7-9-17(18)19/h7-13,22,25H,1-6H3,(H,26,32). The number of ether oxygens (including phenoxy) is 1. The van der Waals surface area contributed by atoms with Crippen molar-refractivity contribution < 1.29 is 27.9 Å². The summed E-state index contributed by atoms with van der Waals surface area (Å²) in [7, 11) is 1.19. The highest BCUT2D eigenvalue weighted by atomic mass is 31.2. The minimum absolute atomic E-state index is 0.279. The molecule has 13 nitrogen and oxygen atoms in total. The number of aromatic amines is 1. The zero-order valence-electron chi connectivity index (χ0n) is 21.8. The van der Waals surface area contributed by atoms with Crippen LogP contribution in [0.2, 0.25) is 0 Å². The van der Waals surface area contributed by atoms with Crippen LogP contribution >= 0.6 is 7.60 Å². The number of benzene rings is 2. The number of nitrogens with one attached hydrogen (secondary N) is 2. The molecule has 0 saturated heterocycles. The number of aromatic nitrogens is 5. The van der Waals surface area contributed by atoms with E-state index in [1.54, 1.807) is 30.7 Å². The highest BCUT2D eigenvalue weighted by Gasteiger charge is 2.42. The first-order chi connectivity index (χ1) is 18.1. The van der Waals surface area contributed by atoms with Gasteiger partial charge in [0.05, 0.1) is 18.5 Å². The molecule has 4 rings (SSSR count). The van der Waals surface area contributed by atoms with E-state index in [2.05, 4.69) is 25.8 Å². The van der Waals surface area contributed by atoms with E-state index >= 15 is 0 Å². The largest absolute Gasteiger partial charge is 0.467 e. The summed E-state index contributed by atoms with van der Waals surface area (Å²) in [5, 5.41) is 15.7. The first-order valence-electron chi connectivity index (χ1n) is 11.4. The molecule has 0 bridgehead atoms. The van der Waals surface area contributed by atoms with Crippen LogP contribution in [-0.2, 0) is 23.1 Å². The second-order valence-electron chi connectivity index (χ2n) is 8.43. The molecular formula is C24H28N7O6P. The van der Waals surface area contributed by atoms with E-state index in [1.165, 1.54) is 0 Å². The third-order valence-corrected chi connectivity index (χ3v) is 8.18. The molecule has 2 heterocycles.